The van der Waals surface area contributed by atoms with Crippen LogP contribution in [0.3, 0.4) is 0 Å². The summed E-state index contributed by atoms with van der Waals surface area (Å²) in [5, 5.41) is 6.75. The van der Waals surface area contributed by atoms with Crippen LogP contribution < -0.4 is 10.1 Å². The van der Waals surface area contributed by atoms with Gasteiger partial charge in [-0.1, -0.05) is 11.2 Å². The first-order chi connectivity index (χ1) is 15.7. The standard InChI is InChI=1S/C23H19F3N4O3/c1-14-5-8-17(12-15(14)2)27-20(31)13-30-11-3-4-19(30)22-28-21(29-33-22)16-6-9-18(10-7-16)32-23(24,25)26/h3-12H,13H2,1-2H3,(H,27,31). The third kappa shape index (κ3) is 5.40. The predicted molar refractivity (Wildman–Crippen MR) is 114 cm³/mol. The summed E-state index contributed by atoms with van der Waals surface area (Å²) in [6.07, 6.45) is -3.06. The molecule has 10 heteroatoms. The van der Waals surface area contributed by atoms with Gasteiger partial charge >= 0.3 is 6.36 Å². The molecule has 7 nitrogen and oxygen atoms in total. The molecule has 170 valence electrons. The molecule has 1 amide bonds. The maximum atomic E-state index is 12.5. The van der Waals surface area contributed by atoms with E-state index in [0.29, 0.717) is 16.9 Å². The number of nitrogens with one attached hydrogen (secondary N) is 1. The zero-order valence-corrected chi connectivity index (χ0v) is 17.7. The molecular weight excluding hydrogens is 437 g/mol. The van der Waals surface area contributed by atoms with E-state index in [4.69, 9.17) is 4.52 Å². The van der Waals surface area contributed by atoms with Crippen molar-refractivity contribution in [2.24, 2.45) is 0 Å². The Bertz CT molecular complexity index is 1280. The molecule has 2 heterocycles. The second-order valence-electron chi connectivity index (χ2n) is 7.36. The van der Waals surface area contributed by atoms with Crippen molar-refractivity contribution in [2.45, 2.75) is 26.8 Å². The van der Waals surface area contributed by atoms with Crippen molar-refractivity contribution < 1.29 is 27.2 Å². The predicted octanol–water partition coefficient (Wildman–Crippen LogP) is 5.36. The van der Waals surface area contributed by atoms with Crippen molar-refractivity contribution in [2.75, 3.05) is 5.32 Å². The molecule has 4 aromatic rings. The third-order valence-electron chi connectivity index (χ3n) is 4.93. The lowest BCUT2D eigenvalue weighted by molar-refractivity contribution is -0.274. The Morgan fingerprint density at radius 1 is 1.09 bits per heavy atom. The van der Waals surface area contributed by atoms with Gasteiger partial charge in [-0.15, -0.1) is 13.2 Å². The van der Waals surface area contributed by atoms with Crippen LogP contribution in [-0.4, -0.2) is 27.0 Å². The number of aryl methyl sites for hydroxylation is 2. The highest BCUT2D eigenvalue weighted by atomic mass is 19.4. The largest absolute Gasteiger partial charge is 0.573 e. The summed E-state index contributed by atoms with van der Waals surface area (Å²) < 4.78 is 47.8. The molecule has 0 fully saturated rings. The fourth-order valence-electron chi connectivity index (χ4n) is 3.17. The number of carbonyl (C=O) groups excluding carboxylic acids is 1. The molecule has 4 rings (SSSR count). The molecule has 0 aliphatic heterocycles. The molecule has 1 N–H and O–H groups in total. The van der Waals surface area contributed by atoms with Gasteiger partial charge in [0.2, 0.25) is 11.7 Å². The van der Waals surface area contributed by atoms with E-state index in [1.165, 1.54) is 24.3 Å². The monoisotopic (exact) mass is 456 g/mol. The average Bonchev–Trinajstić information content (AvgIpc) is 3.39. The minimum Gasteiger partial charge on any atom is -0.406 e. The normalized spacial score (nSPS) is 11.4. The average molecular weight is 456 g/mol. The van der Waals surface area contributed by atoms with Crippen molar-refractivity contribution >= 4 is 11.6 Å². The van der Waals surface area contributed by atoms with Crippen LogP contribution in [0.4, 0.5) is 18.9 Å². The SMILES string of the molecule is Cc1ccc(NC(=O)Cn2cccc2-c2nc(-c3ccc(OC(F)(F)F)cc3)no2)cc1C. The first kappa shape index (κ1) is 22.1. The van der Waals surface area contributed by atoms with E-state index in [2.05, 4.69) is 20.2 Å². The number of benzene rings is 2. The summed E-state index contributed by atoms with van der Waals surface area (Å²) in [6.45, 7) is 3.99. The number of nitrogens with zero attached hydrogens (tertiary/aromatic N) is 3. The minimum absolute atomic E-state index is 0.0243. The van der Waals surface area contributed by atoms with Gasteiger partial charge in [0.05, 0.1) is 0 Å². The van der Waals surface area contributed by atoms with E-state index in [0.717, 1.165) is 11.1 Å². The Morgan fingerprint density at radius 2 is 1.85 bits per heavy atom. The maximum Gasteiger partial charge on any atom is 0.573 e. The van der Waals surface area contributed by atoms with E-state index in [9.17, 15) is 18.0 Å². The first-order valence-corrected chi connectivity index (χ1v) is 9.90. The van der Waals surface area contributed by atoms with Gasteiger partial charge < -0.3 is 19.1 Å². The maximum absolute atomic E-state index is 12.5. The third-order valence-corrected chi connectivity index (χ3v) is 4.93. The van der Waals surface area contributed by atoms with Crippen molar-refractivity contribution in [3.8, 4) is 28.7 Å². The summed E-state index contributed by atoms with van der Waals surface area (Å²) in [4.78, 5) is 16.8. The fraction of sp³-hybridized carbons (Fsp3) is 0.174. The summed E-state index contributed by atoms with van der Waals surface area (Å²) in [7, 11) is 0. The summed E-state index contributed by atoms with van der Waals surface area (Å²) in [5.41, 5.74) is 3.89. The first-order valence-electron chi connectivity index (χ1n) is 9.90. The lowest BCUT2D eigenvalue weighted by Crippen LogP contribution is -2.18. The number of ether oxygens (including phenoxy) is 1. The number of carbonyl (C=O) groups is 1. The second kappa shape index (κ2) is 8.81. The molecule has 0 saturated heterocycles. The Balaban J connectivity index is 1.47. The quantitative estimate of drug-likeness (QED) is 0.422. The van der Waals surface area contributed by atoms with E-state index in [-0.39, 0.29) is 29.9 Å². The Labute approximate surface area is 186 Å². The highest BCUT2D eigenvalue weighted by molar-refractivity contribution is 5.91. The van der Waals surface area contributed by atoms with Crippen LogP contribution in [0.5, 0.6) is 5.75 Å². The molecule has 0 aliphatic rings. The second-order valence-corrected chi connectivity index (χ2v) is 7.36. The summed E-state index contributed by atoms with van der Waals surface area (Å²) >= 11 is 0. The number of anilines is 1. The molecule has 0 aliphatic carbocycles. The van der Waals surface area contributed by atoms with Crippen LogP contribution >= 0.6 is 0 Å². The van der Waals surface area contributed by atoms with Crippen LogP contribution in [0.25, 0.3) is 23.0 Å². The molecule has 0 bridgehead atoms. The smallest absolute Gasteiger partial charge is 0.406 e. The number of amides is 1. The zero-order valence-electron chi connectivity index (χ0n) is 17.7. The van der Waals surface area contributed by atoms with Crippen LogP contribution in [0.2, 0.25) is 0 Å². The highest BCUT2D eigenvalue weighted by Gasteiger charge is 2.31. The molecule has 0 saturated carbocycles. The zero-order chi connectivity index (χ0) is 23.6. The molecule has 0 atom stereocenters. The molecule has 2 aromatic carbocycles. The number of aromatic nitrogens is 3. The topological polar surface area (TPSA) is 82.2 Å². The van der Waals surface area contributed by atoms with Gasteiger partial charge in [-0.05, 0) is 73.5 Å². The van der Waals surface area contributed by atoms with Crippen molar-refractivity contribution in [1.29, 1.82) is 0 Å². The van der Waals surface area contributed by atoms with E-state index >= 15 is 0 Å². The van der Waals surface area contributed by atoms with Crippen LogP contribution in [0.15, 0.2) is 65.3 Å². The van der Waals surface area contributed by atoms with Crippen LogP contribution in [0.1, 0.15) is 11.1 Å². The molecule has 0 radical (unpaired) electrons. The summed E-state index contributed by atoms with van der Waals surface area (Å²) in [6, 6.07) is 14.3. The van der Waals surface area contributed by atoms with Gasteiger partial charge in [0.15, 0.2) is 0 Å². The fourth-order valence-corrected chi connectivity index (χ4v) is 3.17. The molecule has 2 aromatic heterocycles. The van der Waals surface area contributed by atoms with E-state index in [1.54, 1.807) is 22.9 Å². The van der Waals surface area contributed by atoms with Crippen LogP contribution in [-0.2, 0) is 11.3 Å². The Kier molecular flexibility index (Phi) is 5.91. The van der Waals surface area contributed by atoms with Crippen molar-refractivity contribution in [3.63, 3.8) is 0 Å². The Hall–Kier alpha value is -4.08. The van der Waals surface area contributed by atoms with Crippen molar-refractivity contribution in [3.05, 3.63) is 71.9 Å². The molecule has 0 spiro atoms. The molecular formula is C23H19F3N4O3. The van der Waals surface area contributed by atoms with Gasteiger partial charge in [-0.2, -0.15) is 4.98 Å². The molecule has 33 heavy (non-hydrogen) atoms. The van der Waals surface area contributed by atoms with Crippen molar-refractivity contribution in [1.82, 2.24) is 14.7 Å². The number of halogens is 3. The van der Waals surface area contributed by atoms with Gasteiger partial charge in [-0.3, -0.25) is 4.79 Å². The number of alkyl halides is 3. The molecule has 0 unspecified atom stereocenters. The van der Waals surface area contributed by atoms with Gasteiger partial charge in [0.25, 0.3) is 5.89 Å². The Morgan fingerprint density at radius 3 is 2.55 bits per heavy atom. The van der Waals surface area contributed by atoms with E-state index in [1.807, 2.05) is 32.0 Å². The number of rotatable bonds is 6. The lowest BCUT2D eigenvalue weighted by atomic mass is 10.1. The van der Waals surface area contributed by atoms with Gasteiger partial charge in [0.1, 0.15) is 18.0 Å². The number of hydrogen-bond acceptors (Lipinski definition) is 5. The van der Waals surface area contributed by atoms with E-state index < -0.39 is 6.36 Å². The van der Waals surface area contributed by atoms with Gasteiger partial charge in [-0.25, -0.2) is 0 Å². The summed E-state index contributed by atoms with van der Waals surface area (Å²) in [5.74, 6) is -0.213. The number of hydrogen-bond donors (Lipinski definition) is 1. The van der Waals surface area contributed by atoms with Crippen LogP contribution in [0, 0.1) is 13.8 Å². The van der Waals surface area contributed by atoms with Gasteiger partial charge in [0, 0.05) is 17.4 Å². The highest BCUT2D eigenvalue weighted by Crippen LogP contribution is 2.27. The minimum atomic E-state index is -4.77. The lowest BCUT2D eigenvalue weighted by Gasteiger charge is -2.09.